The number of imidazole rings is 1. The first-order valence-corrected chi connectivity index (χ1v) is 11.0. The first-order chi connectivity index (χ1) is 15.2. The van der Waals surface area contributed by atoms with Crippen LogP contribution < -0.4 is 5.32 Å². The van der Waals surface area contributed by atoms with Gasteiger partial charge in [-0.2, -0.15) is 0 Å². The van der Waals surface area contributed by atoms with Gasteiger partial charge in [0.1, 0.15) is 5.65 Å². The molecule has 1 aromatic carbocycles. The number of aliphatic imine (C=N–C) groups is 1. The van der Waals surface area contributed by atoms with Crippen LogP contribution in [0.1, 0.15) is 17.0 Å². The van der Waals surface area contributed by atoms with Gasteiger partial charge < -0.3 is 19.4 Å². The highest BCUT2D eigenvalue weighted by Gasteiger charge is 2.41. The molecule has 0 saturated carbocycles. The summed E-state index contributed by atoms with van der Waals surface area (Å²) in [6.07, 6.45) is 2.31. The van der Waals surface area contributed by atoms with E-state index in [-0.39, 0.29) is 6.10 Å². The number of pyridine rings is 1. The summed E-state index contributed by atoms with van der Waals surface area (Å²) < 4.78 is 8.25. The Labute approximate surface area is 183 Å². The minimum atomic E-state index is 0.217. The van der Waals surface area contributed by atoms with Crippen molar-refractivity contribution in [3.05, 3.63) is 71.7 Å². The number of nitrogens with one attached hydrogen (secondary N) is 1. The number of fused-ring (bicyclic) bond motifs is 2. The Hall–Kier alpha value is -2.90. The third-order valence-electron chi connectivity index (χ3n) is 6.33. The van der Waals surface area contributed by atoms with E-state index >= 15 is 0 Å². The molecule has 2 aromatic heterocycles. The predicted octanol–water partition coefficient (Wildman–Crippen LogP) is 2.30. The molecule has 5 rings (SSSR count). The van der Waals surface area contributed by atoms with E-state index in [1.807, 2.05) is 19.2 Å². The van der Waals surface area contributed by atoms with Crippen molar-refractivity contribution in [2.24, 2.45) is 4.99 Å². The van der Waals surface area contributed by atoms with Gasteiger partial charge >= 0.3 is 0 Å². The monoisotopic (exact) mass is 418 g/mol. The van der Waals surface area contributed by atoms with Crippen molar-refractivity contribution in [2.75, 3.05) is 33.3 Å². The number of rotatable bonds is 4. The fourth-order valence-corrected chi connectivity index (χ4v) is 4.73. The molecule has 4 heterocycles. The topological polar surface area (TPSA) is 57.4 Å². The van der Waals surface area contributed by atoms with Crippen molar-refractivity contribution >= 4 is 11.6 Å². The van der Waals surface area contributed by atoms with Gasteiger partial charge in [0, 0.05) is 45.1 Å². The normalized spacial score (nSPS) is 22.1. The SMILES string of the molecule is CN=C(NCc1cn2c(C)cccc2n1)N1CC2OCCN(Cc3ccccc3)C2C1. The minimum Gasteiger partial charge on any atom is -0.373 e. The molecule has 2 atom stereocenters. The molecule has 2 fully saturated rings. The van der Waals surface area contributed by atoms with Crippen LogP contribution in [-0.2, 0) is 17.8 Å². The van der Waals surface area contributed by atoms with Crippen molar-refractivity contribution in [3.8, 4) is 0 Å². The zero-order valence-electron chi connectivity index (χ0n) is 18.2. The average molecular weight is 419 g/mol. The fraction of sp³-hybridized carbons (Fsp3) is 0.417. The van der Waals surface area contributed by atoms with Crippen molar-refractivity contribution < 1.29 is 4.74 Å². The summed E-state index contributed by atoms with van der Waals surface area (Å²) in [5.41, 5.74) is 4.52. The van der Waals surface area contributed by atoms with Gasteiger partial charge in [-0.05, 0) is 24.6 Å². The van der Waals surface area contributed by atoms with Crippen molar-refractivity contribution in [1.29, 1.82) is 0 Å². The molecule has 7 nitrogen and oxygen atoms in total. The second-order valence-electron chi connectivity index (χ2n) is 8.37. The van der Waals surface area contributed by atoms with Crippen molar-refractivity contribution in [3.63, 3.8) is 0 Å². The Balaban J connectivity index is 1.24. The minimum absolute atomic E-state index is 0.217. The predicted molar refractivity (Wildman–Crippen MR) is 122 cm³/mol. The van der Waals surface area contributed by atoms with E-state index in [4.69, 9.17) is 9.72 Å². The van der Waals surface area contributed by atoms with Gasteiger partial charge in [-0.15, -0.1) is 0 Å². The van der Waals surface area contributed by atoms with Gasteiger partial charge in [-0.3, -0.25) is 9.89 Å². The molecule has 0 spiro atoms. The van der Waals surface area contributed by atoms with E-state index in [2.05, 4.69) is 74.0 Å². The molecule has 162 valence electrons. The van der Waals surface area contributed by atoms with Crippen LogP contribution in [0.4, 0.5) is 0 Å². The number of aromatic nitrogens is 2. The Kier molecular flexibility index (Phi) is 5.61. The Morgan fingerprint density at radius 3 is 2.84 bits per heavy atom. The number of morpholine rings is 1. The molecular weight excluding hydrogens is 388 g/mol. The lowest BCUT2D eigenvalue weighted by Gasteiger charge is -2.36. The molecule has 0 bridgehead atoms. The van der Waals surface area contributed by atoms with Gasteiger partial charge in [0.2, 0.25) is 0 Å². The van der Waals surface area contributed by atoms with Crippen molar-refractivity contribution in [2.45, 2.75) is 32.2 Å². The molecule has 7 heteroatoms. The lowest BCUT2D eigenvalue weighted by molar-refractivity contribution is -0.0502. The Morgan fingerprint density at radius 2 is 2.03 bits per heavy atom. The van der Waals surface area contributed by atoms with E-state index in [1.54, 1.807) is 0 Å². The summed E-state index contributed by atoms with van der Waals surface area (Å²) in [6, 6.07) is 17.3. The van der Waals surface area contributed by atoms with Crippen LogP contribution in [0.2, 0.25) is 0 Å². The summed E-state index contributed by atoms with van der Waals surface area (Å²) in [6.45, 7) is 7.24. The van der Waals surface area contributed by atoms with Gasteiger partial charge in [-0.1, -0.05) is 36.4 Å². The Morgan fingerprint density at radius 1 is 1.16 bits per heavy atom. The number of benzene rings is 1. The van der Waals surface area contributed by atoms with Crippen LogP contribution >= 0.6 is 0 Å². The fourth-order valence-electron chi connectivity index (χ4n) is 4.73. The maximum absolute atomic E-state index is 6.13. The lowest BCUT2D eigenvalue weighted by atomic mass is 10.1. The standard InChI is InChI=1S/C24H30N6O/c1-18-7-6-10-23-27-20(15-30(18)23)13-26-24(25-2)29-16-21-22(17-29)31-12-11-28(21)14-19-8-4-3-5-9-19/h3-10,15,21-22H,11-14,16-17H2,1-2H3,(H,25,26). The maximum atomic E-state index is 6.13. The van der Waals surface area contributed by atoms with Crippen LogP contribution in [0.25, 0.3) is 5.65 Å². The second kappa shape index (κ2) is 8.69. The highest BCUT2D eigenvalue weighted by atomic mass is 16.5. The molecule has 31 heavy (non-hydrogen) atoms. The highest BCUT2D eigenvalue weighted by molar-refractivity contribution is 5.80. The van der Waals surface area contributed by atoms with Crippen LogP contribution in [-0.4, -0.2) is 70.6 Å². The summed E-state index contributed by atoms with van der Waals surface area (Å²) >= 11 is 0. The first-order valence-electron chi connectivity index (χ1n) is 11.0. The number of aryl methyl sites for hydroxylation is 1. The number of hydrogen-bond acceptors (Lipinski definition) is 4. The average Bonchev–Trinajstić information content (AvgIpc) is 3.41. The van der Waals surface area contributed by atoms with E-state index in [9.17, 15) is 0 Å². The van der Waals surface area contributed by atoms with Crippen LogP contribution in [0.3, 0.4) is 0 Å². The molecule has 2 saturated heterocycles. The number of likely N-dealkylation sites (tertiary alicyclic amines) is 1. The largest absolute Gasteiger partial charge is 0.373 e. The maximum Gasteiger partial charge on any atom is 0.194 e. The molecule has 1 N–H and O–H groups in total. The Bertz CT molecular complexity index is 1060. The molecule has 2 aliphatic heterocycles. The summed E-state index contributed by atoms with van der Waals surface area (Å²) in [5, 5.41) is 3.51. The van der Waals surface area contributed by atoms with Crippen LogP contribution in [0.15, 0.2) is 59.7 Å². The zero-order valence-corrected chi connectivity index (χ0v) is 18.2. The van der Waals surface area contributed by atoms with Gasteiger partial charge in [0.15, 0.2) is 5.96 Å². The number of ether oxygens (including phenoxy) is 1. The summed E-state index contributed by atoms with van der Waals surface area (Å²) in [5.74, 6) is 0.909. The lowest BCUT2D eigenvalue weighted by Crippen LogP contribution is -2.50. The summed E-state index contributed by atoms with van der Waals surface area (Å²) in [4.78, 5) is 14.2. The smallest absolute Gasteiger partial charge is 0.194 e. The van der Waals surface area contributed by atoms with E-state index in [0.29, 0.717) is 12.6 Å². The molecular formula is C24H30N6O. The molecule has 0 aliphatic carbocycles. The van der Waals surface area contributed by atoms with E-state index < -0.39 is 0 Å². The van der Waals surface area contributed by atoms with Gasteiger partial charge in [-0.25, -0.2) is 4.98 Å². The molecule has 0 radical (unpaired) electrons. The van der Waals surface area contributed by atoms with Crippen molar-refractivity contribution in [1.82, 2.24) is 24.5 Å². The number of hydrogen-bond donors (Lipinski definition) is 1. The number of guanidine groups is 1. The zero-order chi connectivity index (χ0) is 21.2. The first kappa shape index (κ1) is 20.0. The van der Waals surface area contributed by atoms with Gasteiger partial charge in [0.05, 0.1) is 31.0 Å². The number of nitrogens with zero attached hydrogens (tertiary/aromatic N) is 5. The van der Waals surface area contributed by atoms with Crippen LogP contribution in [0.5, 0.6) is 0 Å². The quantitative estimate of drug-likeness (QED) is 0.521. The van der Waals surface area contributed by atoms with Gasteiger partial charge in [0.25, 0.3) is 0 Å². The van der Waals surface area contributed by atoms with E-state index in [1.165, 1.54) is 11.3 Å². The molecule has 2 unspecified atom stereocenters. The third-order valence-corrected chi connectivity index (χ3v) is 6.33. The molecule has 2 aliphatic rings. The van der Waals surface area contributed by atoms with E-state index in [0.717, 1.165) is 50.1 Å². The second-order valence-corrected chi connectivity index (χ2v) is 8.37. The molecule has 0 amide bonds. The highest BCUT2D eigenvalue weighted by Crippen LogP contribution is 2.24. The summed E-state index contributed by atoms with van der Waals surface area (Å²) in [7, 11) is 1.85. The van der Waals surface area contributed by atoms with Crippen LogP contribution in [0, 0.1) is 6.92 Å². The third kappa shape index (κ3) is 4.16. The molecule has 3 aromatic rings.